The van der Waals surface area contributed by atoms with Gasteiger partial charge in [0.2, 0.25) is 5.89 Å². The predicted octanol–water partition coefficient (Wildman–Crippen LogP) is 1.20. The fourth-order valence-corrected chi connectivity index (χ4v) is 2.50. The van der Waals surface area contributed by atoms with Crippen LogP contribution in [0.1, 0.15) is 33.6 Å². The Morgan fingerprint density at radius 3 is 2.81 bits per heavy atom. The smallest absolute Gasteiger partial charge is 0.312 e. The van der Waals surface area contributed by atoms with E-state index < -0.39 is 17.8 Å². The van der Waals surface area contributed by atoms with Crippen molar-refractivity contribution >= 4 is 11.9 Å². The monoisotopic (exact) mass is 287 g/mol. The van der Waals surface area contributed by atoms with Gasteiger partial charge in [-0.05, 0) is 11.1 Å². The molecule has 0 fully saturated rings. The summed E-state index contributed by atoms with van der Waals surface area (Å²) in [6.07, 6.45) is 0. The molecule has 1 aromatic carbocycles. The molecule has 108 valence electrons. The van der Waals surface area contributed by atoms with Crippen LogP contribution in [0.3, 0.4) is 0 Å². The fraction of sp³-hybridized carbons (Fsp3) is 0.286. The van der Waals surface area contributed by atoms with Gasteiger partial charge < -0.3 is 14.5 Å². The van der Waals surface area contributed by atoms with Gasteiger partial charge in [0.05, 0.1) is 5.92 Å². The van der Waals surface area contributed by atoms with Crippen LogP contribution in [0.2, 0.25) is 0 Å². The molecule has 0 saturated carbocycles. The minimum absolute atomic E-state index is 0.0454. The lowest BCUT2D eigenvalue weighted by Gasteiger charge is -2.31. The quantitative estimate of drug-likeness (QED) is 0.891. The summed E-state index contributed by atoms with van der Waals surface area (Å²) in [6, 6.07) is 7.24. The number of carboxylic acids is 1. The molecular formula is C14H13N3O4. The number of rotatable bonds is 2. The number of carbonyl (C=O) groups is 2. The van der Waals surface area contributed by atoms with E-state index in [1.807, 2.05) is 12.1 Å². The molecule has 1 amide bonds. The van der Waals surface area contributed by atoms with E-state index >= 15 is 0 Å². The molecular weight excluding hydrogens is 274 g/mol. The first kappa shape index (κ1) is 13.3. The first-order valence-corrected chi connectivity index (χ1v) is 6.46. The number of amides is 1. The van der Waals surface area contributed by atoms with E-state index in [2.05, 4.69) is 10.1 Å². The largest absolute Gasteiger partial charge is 0.481 e. The molecule has 0 aliphatic carbocycles. The molecule has 2 aromatic rings. The summed E-state index contributed by atoms with van der Waals surface area (Å²) >= 11 is 0. The number of benzene rings is 1. The Labute approximate surface area is 120 Å². The highest BCUT2D eigenvalue weighted by Gasteiger charge is 2.34. The van der Waals surface area contributed by atoms with Crippen LogP contribution in [0.5, 0.6) is 0 Å². The molecule has 0 saturated heterocycles. The van der Waals surface area contributed by atoms with Crippen molar-refractivity contribution < 1.29 is 19.2 Å². The van der Waals surface area contributed by atoms with Crippen molar-refractivity contribution in [1.82, 2.24) is 15.0 Å². The van der Waals surface area contributed by atoms with Crippen LogP contribution in [-0.4, -0.2) is 38.6 Å². The zero-order valence-electron chi connectivity index (χ0n) is 11.3. The van der Waals surface area contributed by atoms with E-state index in [0.29, 0.717) is 12.4 Å². The second kappa shape index (κ2) is 5.01. The first-order chi connectivity index (χ1) is 10.1. The van der Waals surface area contributed by atoms with Gasteiger partial charge in [-0.2, -0.15) is 4.98 Å². The molecule has 1 aliphatic heterocycles. The highest BCUT2D eigenvalue weighted by Crippen LogP contribution is 2.29. The molecule has 1 N–H and O–H groups in total. The van der Waals surface area contributed by atoms with Gasteiger partial charge in [0.15, 0.2) is 0 Å². The summed E-state index contributed by atoms with van der Waals surface area (Å²) in [5.74, 6) is -1.87. The van der Waals surface area contributed by atoms with Crippen LogP contribution in [0.25, 0.3) is 0 Å². The molecule has 21 heavy (non-hydrogen) atoms. The third kappa shape index (κ3) is 2.37. The van der Waals surface area contributed by atoms with Gasteiger partial charge in [-0.25, -0.2) is 0 Å². The standard InChI is InChI=1S/C14H13N3O4/c1-8-15-12(16-21-8)13(18)17-6-9-4-2-3-5-10(9)11(7-17)14(19)20/h2-5,11H,6-7H2,1H3,(H,19,20). The van der Waals surface area contributed by atoms with Gasteiger partial charge in [-0.15, -0.1) is 0 Å². The van der Waals surface area contributed by atoms with Crippen LogP contribution < -0.4 is 0 Å². The Kier molecular flexibility index (Phi) is 3.17. The summed E-state index contributed by atoms with van der Waals surface area (Å²) in [7, 11) is 0. The van der Waals surface area contributed by atoms with Crippen LogP contribution in [-0.2, 0) is 11.3 Å². The Balaban J connectivity index is 1.93. The summed E-state index contributed by atoms with van der Waals surface area (Å²) in [5.41, 5.74) is 1.57. The number of carboxylic acid groups (broad SMARTS) is 1. The normalized spacial score (nSPS) is 17.4. The molecule has 7 nitrogen and oxygen atoms in total. The van der Waals surface area contributed by atoms with Gasteiger partial charge >= 0.3 is 5.97 Å². The number of hydrogen-bond donors (Lipinski definition) is 1. The van der Waals surface area contributed by atoms with Crippen molar-refractivity contribution in [2.45, 2.75) is 19.4 Å². The Morgan fingerprint density at radius 1 is 1.38 bits per heavy atom. The van der Waals surface area contributed by atoms with Crippen molar-refractivity contribution in [3.8, 4) is 0 Å². The lowest BCUT2D eigenvalue weighted by atomic mass is 9.90. The van der Waals surface area contributed by atoms with E-state index in [-0.39, 0.29) is 12.4 Å². The number of fused-ring (bicyclic) bond motifs is 1. The number of hydrogen-bond acceptors (Lipinski definition) is 5. The molecule has 0 radical (unpaired) electrons. The summed E-state index contributed by atoms with van der Waals surface area (Å²) in [5, 5.41) is 13.0. The summed E-state index contributed by atoms with van der Waals surface area (Å²) in [6.45, 7) is 2.03. The SMILES string of the molecule is Cc1nc(C(=O)N2Cc3ccccc3C(C(=O)O)C2)no1. The molecule has 1 atom stereocenters. The lowest BCUT2D eigenvalue weighted by Crippen LogP contribution is -2.41. The maximum Gasteiger partial charge on any atom is 0.312 e. The molecule has 2 heterocycles. The number of aromatic nitrogens is 2. The minimum Gasteiger partial charge on any atom is -0.481 e. The van der Waals surface area contributed by atoms with Crippen LogP contribution in [0.4, 0.5) is 0 Å². The van der Waals surface area contributed by atoms with Crippen molar-refractivity contribution in [1.29, 1.82) is 0 Å². The zero-order valence-corrected chi connectivity index (χ0v) is 11.3. The second-order valence-electron chi connectivity index (χ2n) is 4.91. The number of aliphatic carboxylic acids is 1. The van der Waals surface area contributed by atoms with Crippen molar-refractivity contribution in [2.24, 2.45) is 0 Å². The van der Waals surface area contributed by atoms with Crippen LogP contribution in [0.15, 0.2) is 28.8 Å². The minimum atomic E-state index is -0.954. The van der Waals surface area contributed by atoms with Crippen LogP contribution in [0, 0.1) is 6.92 Å². The zero-order chi connectivity index (χ0) is 15.0. The third-order valence-electron chi connectivity index (χ3n) is 3.50. The van der Waals surface area contributed by atoms with E-state index in [1.54, 1.807) is 19.1 Å². The topological polar surface area (TPSA) is 96.5 Å². The lowest BCUT2D eigenvalue weighted by molar-refractivity contribution is -0.139. The molecule has 3 rings (SSSR count). The third-order valence-corrected chi connectivity index (χ3v) is 3.50. The van der Waals surface area contributed by atoms with Gasteiger partial charge in [-0.3, -0.25) is 9.59 Å². The van der Waals surface area contributed by atoms with Gasteiger partial charge in [0.25, 0.3) is 11.7 Å². The van der Waals surface area contributed by atoms with Crippen molar-refractivity contribution in [3.63, 3.8) is 0 Å². The predicted molar refractivity (Wildman–Crippen MR) is 70.6 cm³/mol. The van der Waals surface area contributed by atoms with Crippen molar-refractivity contribution in [2.75, 3.05) is 6.54 Å². The fourth-order valence-electron chi connectivity index (χ4n) is 2.50. The average molecular weight is 287 g/mol. The second-order valence-corrected chi connectivity index (χ2v) is 4.91. The summed E-state index contributed by atoms with van der Waals surface area (Å²) < 4.78 is 4.80. The highest BCUT2D eigenvalue weighted by molar-refractivity contribution is 5.91. The van der Waals surface area contributed by atoms with E-state index in [9.17, 15) is 14.7 Å². The number of aryl methyl sites for hydroxylation is 1. The molecule has 0 spiro atoms. The maximum atomic E-state index is 12.3. The molecule has 1 unspecified atom stereocenters. The van der Waals surface area contributed by atoms with Gasteiger partial charge in [0.1, 0.15) is 0 Å². The van der Waals surface area contributed by atoms with E-state index in [0.717, 1.165) is 11.1 Å². The molecule has 0 bridgehead atoms. The Bertz CT molecular complexity index is 710. The molecule has 1 aromatic heterocycles. The van der Waals surface area contributed by atoms with Gasteiger partial charge in [-0.1, -0.05) is 29.4 Å². The number of carbonyl (C=O) groups excluding carboxylic acids is 1. The number of nitrogens with zero attached hydrogens (tertiary/aromatic N) is 3. The van der Waals surface area contributed by atoms with Crippen molar-refractivity contribution in [3.05, 3.63) is 47.1 Å². The van der Waals surface area contributed by atoms with Gasteiger partial charge in [0, 0.05) is 20.0 Å². The Morgan fingerprint density at radius 2 is 2.14 bits per heavy atom. The Hall–Kier alpha value is -2.70. The summed E-state index contributed by atoms with van der Waals surface area (Å²) in [4.78, 5) is 29.1. The maximum absolute atomic E-state index is 12.3. The van der Waals surface area contributed by atoms with Crippen LogP contribution >= 0.6 is 0 Å². The molecule has 7 heteroatoms. The first-order valence-electron chi connectivity index (χ1n) is 6.46. The average Bonchev–Trinajstić information content (AvgIpc) is 2.91. The molecule has 1 aliphatic rings. The van der Waals surface area contributed by atoms with E-state index in [4.69, 9.17) is 4.52 Å². The van der Waals surface area contributed by atoms with E-state index in [1.165, 1.54) is 4.90 Å². The highest BCUT2D eigenvalue weighted by atomic mass is 16.5.